The molecule has 10 nitrogen and oxygen atoms in total. The SMILES string of the molecule is Cc1nc(N2CCOCC2)sc1C(=O)NNC(=O)c1ccc([N+](=O)[O-])cc1Cl. The second-order valence-corrected chi connectivity index (χ2v) is 7.22. The van der Waals surface area contributed by atoms with E-state index in [4.69, 9.17) is 16.3 Å². The summed E-state index contributed by atoms with van der Waals surface area (Å²) in [5, 5.41) is 11.4. The van der Waals surface area contributed by atoms with Gasteiger partial charge in [0.1, 0.15) is 4.88 Å². The summed E-state index contributed by atoms with van der Waals surface area (Å²) in [6.45, 7) is 4.32. The van der Waals surface area contributed by atoms with Gasteiger partial charge >= 0.3 is 0 Å². The van der Waals surface area contributed by atoms with Crippen LogP contribution in [-0.2, 0) is 4.74 Å². The minimum absolute atomic E-state index is 0.00241. The highest BCUT2D eigenvalue weighted by Gasteiger charge is 2.21. The number of nitro benzene ring substituents is 1. The lowest BCUT2D eigenvalue weighted by atomic mass is 10.2. The van der Waals surface area contributed by atoms with E-state index in [1.54, 1.807) is 6.92 Å². The van der Waals surface area contributed by atoms with Crippen molar-refractivity contribution >= 4 is 45.6 Å². The van der Waals surface area contributed by atoms with Crippen LogP contribution in [0.25, 0.3) is 0 Å². The number of non-ortho nitro benzene ring substituents is 1. The lowest BCUT2D eigenvalue weighted by Crippen LogP contribution is -2.41. The van der Waals surface area contributed by atoms with Crippen LogP contribution >= 0.6 is 22.9 Å². The minimum Gasteiger partial charge on any atom is -0.378 e. The molecule has 12 heteroatoms. The first kappa shape index (κ1) is 20.0. The lowest BCUT2D eigenvalue weighted by Gasteiger charge is -2.25. The molecule has 3 rings (SSSR count). The van der Waals surface area contributed by atoms with E-state index in [2.05, 4.69) is 15.8 Å². The summed E-state index contributed by atoms with van der Waals surface area (Å²) in [6, 6.07) is 3.45. The summed E-state index contributed by atoms with van der Waals surface area (Å²) in [6.07, 6.45) is 0. The maximum absolute atomic E-state index is 12.4. The van der Waals surface area contributed by atoms with Crippen LogP contribution in [0.4, 0.5) is 10.8 Å². The second-order valence-electron chi connectivity index (χ2n) is 5.84. The number of hydrogen-bond donors (Lipinski definition) is 2. The molecule has 1 aliphatic heterocycles. The van der Waals surface area contributed by atoms with Crippen molar-refractivity contribution in [2.75, 3.05) is 31.2 Å². The fourth-order valence-corrected chi connectivity index (χ4v) is 3.80. The van der Waals surface area contributed by atoms with Crippen molar-refractivity contribution in [3.8, 4) is 0 Å². The van der Waals surface area contributed by atoms with Crippen molar-refractivity contribution in [1.82, 2.24) is 15.8 Å². The Labute approximate surface area is 168 Å². The summed E-state index contributed by atoms with van der Waals surface area (Å²) in [7, 11) is 0. The molecule has 2 heterocycles. The number of nitrogens with zero attached hydrogens (tertiary/aromatic N) is 3. The second kappa shape index (κ2) is 8.50. The molecular formula is C16H16ClN5O5S. The standard InChI is InChI=1S/C16H16ClN5O5S/c1-9-13(28-16(18-9)21-4-6-27-7-5-21)15(24)20-19-14(23)11-3-2-10(22(25)26)8-12(11)17/h2-3,8H,4-7H2,1H3,(H,19,23)(H,20,24). The zero-order chi connectivity index (χ0) is 20.3. The van der Waals surface area contributed by atoms with E-state index in [-0.39, 0.29) is 16.3 Å². The number of carbonyl (C=O) groups excluding carboxylic acids is 2. The van der Waals surface area contributed by atoms with Gasteiger partial charge in [-0.3, -0.25) is 30.6 Å². The number of halogens is 1. The first-order valence-electron chi connectivity index (χ1n) is 8.21. The molecule has 2 aromatic rings. The van der Waals surface area contributed by atoms with E-state index in [0.717, 1.165) is 17.3 Å². The van der Waals surface area contributed by atoms with Crippen LogP contribution in [0.2, 0.25) is 5.02 Å². The number of nitro groups is 1. The average molecular weight is 426 g/mol. The third-order valence-electron chi connectivity index (χ3n) is 3.97. The fraction of sp³-hybridized carbons (Fsp3) is 0.312. The highest BCUT2D eigenvalue weighted by molar-refractivity contribution is 7.17. The zero-order valence-corrected chi connectivity index (χ0v) is 16.3. The van der Waals surface area contributed by atoms with Gasteiger partial charge in [-0.15, -0.1) is 0 Å². The summed E-state index contributed by atoms with van der Waals surface area (Å²) in [5.41, 5.74) is 4.89. The fourth-order valence-electron chi connectivity index (χ4n) is 2.52. The number of anilines is 1. The minimum atomic E-state index is -0.691. The van der Waals surface area contributed by atoms with E-state index in [1.165, 1.54) is 17.4 Å². The van der Waals surface area contributed by atoms with Crippen molar-refractivity contribution < 1.29 is 19.2 Å². The molecule has 0 saturated carbocycles. The van der Waals surface area contributed by atoms with Crippen LogP contribution < -0.4 is 15.8 Å². The molecular weight excluding hydrogens is 410 g/mol. The van der Waals surface area contributed by atoms with Crippen LogP contribution in [0.15, 0.2) is 18.2 Å². The normalized spacial score (nSPS) is 13.9. The first-order valence-corrected chi connectivity index (χ1v) is 9.41. The Morgan fingerprint density at radius 1 is 1.29 bits per heavy atom. The van der Waals surface area contributed by atoms with E-state index in [1.807, 2.05) is 4.90 Å². The topological polar surface area (TPSA) is 127 Å². The Morgan fingerprint density at radius 2 is 1.96 bits per heavy atom. The van der Waals surface area contributed by atoms with E-state index < -0.39 is 16.7 Å². The Bertz CT molecular complexity index is 928. The largest absolute Gasteiger partial charge is 0.378 e. The van der Waals surface area contributed by atoms with Crippen LogP contribution in [0.1, 0.15) is 25.7 Å². The molecule has 28 heavy (non-hydrogen) atoms. The molecule has 0 bridgehead atoms. The van der Waals surface area contributed by atoms with Crippen molar-refractivity contribution in [3.63, 3.8) is 0 Å². The quantitative estimate of drug-likeness (QED) is 0.565. The molecule has 148 valence electrons. The van der Waals surface area contributed by atoms with Crippen molar-refractivity contribution in [2.24, 2.45) is 0 Å². The van der Waals surface area contributed by atoms with Crippen LogP contribution in [0, 0.1) is 17.0 Å². The molecule has 1 aliphatic rings. The Balaban J connectivity index is 1.64. The molecule has 1 fully saturated rings. The Kier molecular flexibility index (Phi) is 6.07. The summed E-state index contributed by atoms with van der Waals surface area (Å²) < 4.78 is 5.30. The molecule has 0 aliphatic carbocycles. The number of ether oxygens (including phenoxy) is 1. The predicted molar refractivity (Wildman–Crippen MR) is 103 cm³/mol. The maximum atomic E-state index is 12.4. The van der Waals surface area contributed by atoms with Gasteiger partial charge in [0.05, 0.1) is 34.4 Å². The van der Waals surface area contributed by atoms with Crippen molar-refractivity contribution in [2.45, 2.75) is 6.92 Å². The zero-order valence-electron chi connectivity index (χ0n) is 14.7. The molecule has 1 aromatic carbocycles. The number of morpholine rings is 1. The summed E-state index contributed by atoms with van der Waals surface area (Å²) in [4.78, 5) is 41.5. The number of nitrogens with one attached hydrogen (secondary N) is 2. The van der Waals surface area contributed by atoms with Crippen LogP contribution in [-0.4, -0.2) is 48.0 Å². The van der Waals surface area contributed by atoms with Crippen LogP contribution in [0.3, 0.4) is 0 Å². The average Bonchev–Trinajstić information content (AvgIpc) is 3.08. The number of amides is 2. The molecule has 2 amide bonds. The summed E-state index contributed by atoms with van der Waals surface area (Å²) in [5.74, 6) is -1.20. The van der Waals surface area contributed by atoms with Crippen LogP contribution in [0.5, 0.6) is 0 Å². The third kappa shape index (κ3) is 4.38. The number of carbonyl (C=O) groups is 2. The number of rotatable bonds is 4. The van der Waals surface area contributed by atoms with Gasteiger partial charge < -0.3 is 9.64 Å². The van der Waals surface area contributed by atoms with Gasteiger partial charge in [0.25, 0.3) is 17.5 Å². The predicted octanol–water partition coefficient (Wildman–Crippen LogP) is 1.92. The van der Waals surface area contributed by atoms with Gasteiger partial charge in [-0.1, -0.05) is 22.9 Å². The molecule has 2 N–H and O–H groups in total. The van der Waals surface area contributed by atoms with E-state index in [9.17, 15) is 19.7 Å². The maximum Gasteiger partial charge on any atom is 0.281 e. The molecule has 1 aromatic heterocycles. The third-order valence-corrected chi connectivity index (χ3v) is 5.50. The van der Waals surface area contributed by atoms with Crippen molar-refractivity contribution in [1.29, 1.82) is 0 Å². The number of aryl methyl sites for hydroxylation is 1. The smallest absolute Gasteiger partial charge is 0.281 e. The van der Waals surface area contributed by atoms with Gasteiger partial charge in [-0.2, -0.15) is 0 Å². The monoisotopic (exact) mass is 425 g/mol. The highest BCUT2D eigenvalue weighted by Crippen LogP contribution is 2.26. The number of aromatic nitrogens is 1. The lowest BCUT2D eigenvalue weighted by molar-refractivity contribution is -0.384. The van der Waals surface area contributed by atoms with E-state index >= 15 is 0 Å². The molecule has 0 atom stereocenters. The molecule has 1 saturated heterocycles. The first-order chi connectivity index (χ1) is 13.4. The number of hydrogen-bond acceptors (Lipinski definition) is 8. The number of hydrazine groups is 1. The molecule has 0 spiro atoms. The Hall–Kier alpha value is -2.76. The van der Waals surface area contributed by atoms with Gasteiger partial charge in [0.15, 0.2) is 5.13 Å². The number of benzene rings is 1. The number of thiazole rings is 1. The summed E-state index contributed by atoms with van der Waals surface area (Å²) >= 11 is 7.14. The van der Waals surface area contributed by atoms with Gasteiger partial charge in [-0.05, 0) is 13.0 Å². The molecule has 0 unspecified atom stereocenters. The van der Waals surface area contributed by atoms with Gasteiger partial charge in [0.2, 0.25) is 0 Å². The van der Waals surface area contributed by atoms with E-state index in [0.29, 0.717) is 36.9 Å². The van der Waals surface area contributed by atoms with Crippen molar-refractivity contribution in [3.05, 3.63) is 49.5 Å². The highest BCUT2D eigenvalue weighted by atomic mass is 35.5. The van der Waals surface area contributed by atoms with Gasteiger partial charge in [0, 0.05) is 25.2 Å². The van der Waals surface area contributed by atoms with Gasteiger partial charge in [-0.25, -0.2) is 4.98 Å². The molecule has 0 radical (unpaired) electrons. The Morgan fingerprint density at radius 3 is 2.61 bits per heavy atom.